The molecule has 0 saturated heterocycles. The fourth-order valence-electron chi connectivity index (χ4n) is 2.59. The zero-order valence-corrected chi connectivity index (χ0v) is 17.3. The fourth-order valence-corrected chi connectivity index (χ4v) is 2.59. The number of benzene rings is 1. The van der Waals surface area contributed by atoms with Crippen LogP contribution in [-0.2, 0) is 9.59 Å². The molecular formula is C21H28N4O4. The van der Waals surface area contributed by atoms with Gasteiger partial charge in [-0.2, -0.15) is 0 Å². The molecule has 1 aromatic carbocycles. The smallest absolute Gasteiger partial charge is 0.270 e. The molecule has 0 saturated carbocycles. The van der Waals surface area contributed by atoms with Crippen molar-refractivity contribution in [1.29, 1.82) is 0 Å². The molecule has 0 unspecified atom stereocenters. The molecule has 0 atom stereocenters. The summed E-state index contributed by atoms with van der Waals surface area (Å²) in [6.07, 6.45) is 0.838. The second-order valence-electron chi connectivity index (χ2n) is 6.81. The van der Waals surface area contributed by atoms with Gasteiger partial charge in [0.1, 0.15) is 5.75 Å². The number of amides is 3. The minimum Gasteiger partial charge on any atom is -0.484 e. The molecule has 8 heteroatoms. The van der Waals surface area contributed by atoms with E-state index in [1.807, 2.05) is 32.9 Å². The van der Waals surface area contributed by atoms with E-state index in [2.05, 4.69) is 10.7 Å². The highest BCUT2D eigenvalue weighted by atomic mass is 16.5. The Kier molecular flexibility index (Phi) is 7.82. The Balaban J connectivity index is 1.85. The van der Waals surface area contributed by atoms with E-state index in [0.717, 1.165) is 17.8 Å². The maximum atomic E-state index is 12.4. The third kappa shape index (κ3) is 6.38. The quantitative estimate of drug-likeness (QED) is 0.672. The predicted octanol–water partition coefficient (Wildman–Crippen LogP) is 1.85. The molecule has 2 aromatic rings. The first-order chi connectivity index (χ1) is 13.8. The Bertz CT molecular complexity index is 839. The molecule has 0 radical (unpaired) electrons. The van der Waals surface area contributed by atoms with Gasteiger partial charge < -0.3 is 15.0 Å². The van der Waals surface area contributed by atoms with E-state index in [1.165, 1.54) is 4.90 Å². The number of hydrogen-bond donors (Lipinski definition) is 2. The zero-order valence-electron chi connectivity index (χ0n) is 17.3. The molecule has 3 amide bonds. The molecule has 0 aliphatic rings. The molecule has 0 aliphatic carbocycles. The standard InChI is InChI=1S/C21H28N4O4/c1-5-12-22-19(26)13-24(4)20(27)14-29-18-10-8-17(9-11-18)21(28)23-25-15(2)6-7-16(25)3/h6-11H,5,12-14H2,1-4H3,(H,22,26)(H,23,28). The van der Waals surface area contributed by atoms with Crippen molar-refractivity contribution in [3.05, 3.63) is 53.3 Å². The second-order valence-corrected chi connectivity index (χ2v) is 6.81. The Morgan fingerprint density at radius 3 is 2.24 bits per heavy atom. The van der Waals surface area contributed by atoms with Crippen LogP contribution in [0.4, 0.5) is 0 Å². The number of aryl methyl sites for hydroxylation is 2. The first kappa shape index (κ1) is 22.0. The maximum Gasteiger partial charge on any atom is 0.270 e. The lowest BCUT2D eigenvalue weighted by molar-refractivity contribution is -0.136. The fraction of sp³-hybridized carbons (Fsp3) is 0.381. The third-order valence-corrected chi connectivity index (χ3v) is 4.34. The molecule has 29 heavy (non-hydrogen) atoms. The monoisotopic (exact) mass is 400 g/mol. The molecule has 8 nitrogen and oxygen atoms in total. The van der Waals surface area contributed by atoms with Crippen molar-refractivity contribution in [2.24, 2.45) is 0 Å². The van der Waals surface area contributed by atoms with Crippen molar-refractivity contribution in [2.75, 3.05) is 32.2 Å². The van der Waals surface area contributed by atoms with Gasteiger partial charge in [0.2, 0.25) is 5.91 Å². The van der Waals surface area contributed by atoms with Crippen molar-refractivity contribution < 1.29 is 19.1 Å². The van der Waals surface area contributed by atoms with E-state index in [1.54, 1.807) is 36.0 Å². The third-order valence-electron chi connectivity index (χ3n) is 4.34. The summed E-state index contributed by atoms with van der Waals surface area (Å²) in [5, 5.41) is 2.72. The van der Waals surface area contributed by atoms with Gasteiger partial charge in [-0.3, -0.25) is 24.5 Å². The lowest BCUT2D eigenvalue weighted by Gasteiger charge is -2.17. The minimum atomic E-state index is -0.308. The number of ether oxygens (including phenoxy) is 1. The Morgan fingerprint density at radius 1 is 1.03 bits per heavy atom. The van der Waals surface area contributed by atoms with Gasteiger partial charge in [-0.25, -0.2) is 0 Å². The summed E-state index contributed by atoms with van der Waals surface area (Å²) in [5.41, 5.74) is 5.17. The predicted molar refractivity (Wildman–Crippen MR) is 110 cm³/mol. The summed E-state index contributed by atoms with van der Waals surface area (Å²) >= 11 is 0. The van der Waals surface area contributed by atoms with Crippen LogP contribution in [0.15, 0.2) is 36.4 Å². The molecule has 2 rings (SSSR count). The Labute approximate surface area is 170 Å². The maximum absolute atomic E-state index is 12.4. The van der Waals surface area contributed by atoms with E-state index in [9.17, 15) is 14.4 Å². The molecule has 156 valence electrons. The normalized spacial score (nSPS) is 10.3. The number of carbonyl (C=O) groups is 3. The topological polar surface area (TPSA) is 92.7 Å². The Morgan fingerprint density at radius 2 is 1.66 bits per heavy atom. The minimum absolute atomic E-state index is 0.0144. The molecule has 0 spiro atoms. The first-order valence-corrected chi connectivity index (χ1v) is 9.51. The summed E-state index contributed by atoms with van der Waals surface area (Å²) in [4.78, 5) is 37.5. The van der Waals surface area contributed by atoms with Crippen LogP contribution in [0.1, 0.15) is 35.1 Å². The number of rotatable bonds is 9. The van der Waals surface area contributed by atoms with Gasteiger partial charge in [0.25, 0.3) is 11.8 Å². The second kappa shape index (κ2) is 10.3. The van der Waals surface area contributed by atoms with Crippen LogP contribution < -0.4 is 15.5 Å². The first-order valence-electron chi connectivity index (χ1n) is 9.51. The van der Waals surface area contributed by atoms with Crippen LogP contribution >= 0.6 is 0 Å². The van der Waals surface area contributed by atoms with Gasteiger partial charge in [-0.1, -0.05) is 6.92 Å². The molecule has 0 bridgehead atoms. The van der Waals surface area contributed by atoms with Crippen molar-refractivity contribution in [2.45, 2.75) is 27.2 Å². The zero-order chi connectivity index (χ0) is 21.4. The van der Waals surface area contributed by atoms with Gasteiger partial charge in [-0.05, 0) is 56.7 Å². The van der Waals surface area contributed by atoms with Crippen molar-refractivity contribution in [3.63, 3.8) is 0 Å². The molecule has 2 N–H and O–H groups in total. The lowest BCUT2D eigenvalue weighted by Crippen LogP contribution is -2.40. The number of hydrogen-bond acceptors (Lipinski definition) is 4. The average molecular weight is 400 g/mol. The van der Waals surface area contributed by atoms with Crippen LogP contribution in [0.3, 0.4) is 0 Å². The van der Waals surface area contributed by atoms with Crippen molar-refractivity contribution in [1.82, 2.24) is 14.9 Å². The number of aromatic nitrogens is 1. The molecule has 0 fully saturated rings. The molecule has 1 aromatic heterocycles. The number of nitrogens with one attached hydrogen (secondary N) is 2. The average Bonchev–Trinajstić information content (AvgIpc) is 3.02. The van der Waals surface area contributed by atoms with Crippen LogP contribution in [0.5, 0.6) is 5.75 Å². The summed E-state index contributed by atoms with van der Waals surface area (Å²) in [6.45, 7) is 6.16. The van der Waals surface area contributed by atoms with E-state index < -0.39 is 0 Å². The summed E-state index contributed by atoms with van der Waals surface area (Å²) < 4.78 is 7.19. The van der Waals surface area contributed by atoms with Crippen molar-refractivity contribution in [3.8, 4) is 5.75 Å². The SMILES string of the molecule is CCCNC(=O)CN(C)C(=O)COc1ccc(C(=O)Nn2c(C)ccc2C)cc1. The van der Waals surface area contributed by atoms with E-state index in [4.69, 9.17) is 4.74 Å². The van der Waals surface area contributed by atoms with Gasteiger partial charge in [-0.15, -0.1) is 0 Å². The van der Waals surface area contributed by atoms with Crippen LogP contribution in [0.25, 0.3) is 0 Å². The van der Waals surface area contributed by atoms with Crippen LogP contribution in [-0.4, -0.2) is 54.0 Å². The lowest BCUT2D eigenvalue weighted by atomic mass is 10.2. The van der Waals surface area contributed by atoms with Crippen LogP contribution in [0, 0.1) is 13.8 Å². The summed E-state index contributed by atoms with van der Waals surface area (Å²) in [6, 6.07) is 10.4. The molecular weight excluding hydrogens is 372 g/mol. The highest BCUT2D eigenvalue weighted by molar-refractivity contribution is 6.00. The number of nitrogens with zero attached hydrogens (tertiary/aromatic N) is 2. The molecule has 0 aliphatic heterocycles. The summed E-state index contributed by atoms with van der Waals surface area (Å²) in [5.74, 6) is -0.289. The largest absolute Gasteiger partial charge is 0.484 e. The van der Waals surface area contributed by atoms with Gasteiger partial charge in [0, 0.05) is 30.5 Å². The number of carbonyl (C=O) groups excluding carboxylic acids is 3. The van der Waals surface area contributed by atoms with Crippen molar-refractivity contribution >= 4 is 17.7 Å². The Hall–Kier alpha value is -3.29. The van der Waals surface area contributed by atoms with E-state index >= 15 is 0 Å². The van der Waals surface area contributed by atoms with E-state index in [0.29, 0.717) is 17.9 Å². The van der Waals surface area contributed by atoms with Gasteiger partial charge in [0.15, 0.2) is 6.61 Å². The van der Waals surface area contributed by atoms with Gasteiger partial charge >= 0.3 is 0 Å². The van der Waals surface area contributed by atoms with Crippen LogP contribution in [0.2, 0.25) is 0 Å². The number of likely N-dealkylation sites (N-methyl/N-ethyl adjacent to an activating group) is 1. The van der Waals surface area contributed by atoms with E-state index in [-0.39, 0.29) is 30.9 Å². The highest BCUT2D eigenvalue weighted by Gasteiger charge is 2.14. The molecule has 1 heterocycles. The van der Waals surface area contributed by atoms with Gasteiger partial charge in [0.05, 0.1) is 6.54 Å². The highest BCUT2D eigenvalue weighted by Crippen LogP contribution is 2.13. The summed E-state index contributed by atoms with van der Waals surface area (Å²) in [7, 11) is 1.55.